The van der Waals surface area contributed by atoms with E-state index in [9.17, 15) is 9.59 Å². The maximum Gasteiger partial charge on any atom is 0.306 e. The van der Waals surface area contributed by atoms with Gasteiger partial charge < -0.3 is 9.64 Å². The van der Waals surface area contributed by atoms with Crippen LogP contribution in [0.15, 0.2) is 0 Å². The number of hydrogen-bond acceptors (Lipinski definition) is 4. The number of ether oxygens (including phenoxy) is 1. The van der Waals surface area contributed by atoms with E-state index in [0.717, 1.165) is 18.7 Å². The molecule has 0 bridgehead atoms. The van der Waals surface area contributed by atoms with E-state index in [-0.39, 0.29) is 24.7 Å². The number of carbonyl (C=O) groups excluding carboxylic acids is 2. The monoisotopic (exact) mass is 275 g/mol. The third-order valence-corrected chi connectivity index (χ3v) is 2.93. The zero-order valence-electron chi connectivity index (χ0n) is 12.1. The van der Waals surface area contributed by atoms with Crippen LogP contribution < -0.4 is 0 Å². The first-order chi connectivity index (χ1) is 8.26. The third-order valence-electron chi connectivity index (χ3n) is 2.23. The van der Waals surface area contributed by atoms with Gasteiger partial charge >= 0.3 is 5.97 Å². The van der Waals surface area contributed by atoms with Crippen molar-refractivity contribution in [3.63, 3.8) is 0 Å². The van der Waals surface area contributed by atoms with Crippen LogP contribution in [0.4, 0.5) is 0 Å². The van der Waals surface area contributed by atoms with Gasteiger partial charge in [0.25, 0.3) is 0 Å². The predicted molar refractivity (Wildman–Crippen MR) is 75.7 cm³/mol. The molecule has 0 aliphatic carbocycles. The van der Waals surface area contributed by atoms with Gasteiger partial charge in [-0.05, 0) is 39.2 Å². The van der Waals surface area contributed by atoms with Crippen LogP contribution in [-0.2, 0) is 14.3 Å². The molecule has 0 saturated carbocycles. The van der Waals surface area contributed by atoms with E-state index in [0.29, 0.717) is 0 Å². The van der Waals surface area contributed by atoms with Gasteiger partial charge in [0.2, 0.25) is 5.91 Å². The van der Waals surface area contributed by atoms with Crippen molar-refractivity contribution in [2.24, 2.45) is 0 Å². The predicted octanol–water partition coefficient (Wildman–Crippen LogP) is 2.32. The minimum atomic E-state index is -0.482. The average molecular weight is 275 g/mol. The molecule has 4 nitrogen and oxygen atoms in total. The molecule has 0 aromatic carbocycles. The molecule has 106 valence electrons. The Hall–Kier alpha value is -0.710. The van der Waals surface area contributed by atoms with Crippen LogP contribution in [0.3, 0.4) is 0 Å². The third kappa shape index (κ3) is 9.33. The number of carbonyl (C=O) groups is 2. The van der Waals surface area contributed by atoms with Gasteiger partial charge in [0.1, 0.15) is 5.60 Å². The standard InChI is InChI=1S/C13H25NO3S/c1-13(2,3)17-12(16)8-7-11(15)14(4)9-6-10-18-5/h6-10H2,1-5H3. The number of thioether (sulfide) groups is 1. The summed E-state index contributed by atoms with van der Waals surface area (Å²) >= 11 is 1.77. The Bertz CT molecular complexity index is 274. The molecule has 0 atom stereocenters. The van der Waals surface area contributed by atoms with Gasteiger partial charge in [-0.3, -0.25) is 9.59 Å². The molecule has 5 heteroatoms. The summed E-state index contributed by atoms with van der Waals surface area (Å²) in [5, 5.41) is 0. The first-order valence-corrected chi connectivity index (χ1v) is 7.60. The van der Waals surface area contributed by atoms with Gasteiger partial charge in [0.05, 0.1) is 6.42 Å². The van der Waals surface area contributed by atoms with Crippen LogP contribution in [0.1, 0.15) is 40.0 Å². The summed E-state index contributed by atoms with van der Waals surface area (Å²) in [5.74, 6) is 0.735. The highest BCUT2D eigenvalue weighted by Crippen LogP contribution is 2.09. The zero-order chi connectivity index (χ0) is 14.2. The van der Waals surface area contributed by atoms with E-state index in [1.165, 1.54) is 0 Å². The first-order valence-electron chi connectivity index (χ1n) is 6.21. The number of amides is 1. The second-order valence-electron chi connectivity index (χ2n) is 5.25. The van der Waals surface area contributed by atoms with Gasteiger partial charge in [-0.15, -0.1) is 0 Å². The molecule has 0 aromatic rings. The van der Waals surface area contributed by atoms with Crippen LogP contribution in [-0.4, -0.2) is 48.0 Å². The molecule has 0 saturated heterocycles. The van der Waals surface area contributed by atoms with Crippen LogP contribution in [0, 0.1) is 0 Å². The topological polar surface area (TPSA) is 46.6 Å². The highest BCUT2D eigenvalue weighted by Gasteiger charge is 2.18. The van der Waals surface area contributed by atoms with Gasteiger partial charge in [0.15, 0.2) is 0 Å². The lowest BCUT2D eigenvalue weighted by Gasteiger charge is -2.20. The van der Waals surface area contributed by atoms with Crippen molar-refractivity contribution in [2.45, 2.75) is 45.6 Å². The summed E-state index contributed by atoms with van der Waals surface area (Å²) < 4.78 is 5.15. The summed E-state index contributed by atoms with van der Waals surface area (Å²) in [6, 6.07) is 0. The lowest BCUT2D eigenvalue weighted by atomic mass is 10.2. The minimum Gasteiger partial charge on any atom is -0.460 e. The minimum absolute atomic E-state index is 0.00182. The van der Waals surface area contributed by atoms with Crippen molar-refractivity contribution >= 4 is 23.6 Å². The number of nitrogens with zero attached hydrogens (tertiary/aromatic N) is 1. The maximum absolute atomic E-state index is 11.7. The van der Waals surface area contributed by atoms with E-state index in [1.807, 2.05) is 27.0 Å². The average Bonchev–Trinajstić information content (AvgIpc) is 2.23. The molecule has 0 aliphatic rings. The van der Waals surface area contributed by atoms with E-state index in [4.69, 9.17) is 4.74 Å². The molecular weight excluding hydrogens is 250 g/mol. The fourth-order valence-electron chi connectivity index (χ4n) is 1.36. The normalized spacial score (nSPS) is 11.2. The second-order valence-corrected chi connectivity index (χ2v) is 6.23. The zero-order valence-corrected chi connectivity index (χ0v) is 12.9. The Morgan fingerprint density at radius 2 is 1.83 bits per heavy atom. The molecule has 0 spiro atoms. The van der Waals surface area contributed by atoms with Crippen molar-refractivity contribution in [1.82, 2.24) is 4.90 Å². The summed E-state index contributed by atoms with van der Waals surface area (Å²) in [6.07, 6.45) is 3.41. The Morgan fingerprint density at radius 3 is 2.33 bits per heavy atom. The van der Waals surface area contributed by atoms with Gasteiger partial charge in [-0.1, -0.05) is 0 Å². The maximum atomic E-state index is 11.7. The van der Waals surface area contributed by atoms with E-state index in [1.54, 1.807) is 23.7 Å². The lowest BCUT2D eigenvalue weighted by molar-refractivity contribution is -0.156. The van der Waals surface area contributed by atoms with Crippen LogP contribution in [0.2, 0.25) is 0 Å². The van der Waals surface area contributed by atoms with Crippen LogP contribution in [0.25, 0.3) is 0 Å². The molecular formula is C13H25NO3S. The van der Waals surface area contributed by atoms with Crippen LogP contribution >= 0.6 is 11.8 Å². The van der Waals surface area contributed by atoms with Gasteiger partial charge in [-0.25, -0.2) is 0 Å². The Labute approximate surface area is 114 Å². The summed E-state index contributed by atoms with van der Waals surface area (Å²) in [7, 11) is 1.78. The summed E-state index contributed by atoms with van der Waals surface area (Å²) in [5.41, 5.74) is -0.482. The number of rotatable bonds is 7. The van der Waals surface area contributed by atoms with Crippen molar-refractivity contribution < 1.29 is 14.3 Å². The molecule has 0 fully saturated rings. The van der Waals surface area contributed by atoms with Gasteiger partial charge in [-0.2, -0.15) is 11.8 Å². The molecule has 0 N–H and O–H groups in total. The molecule has 0 aliphatic heterocycles. The lowest BCUT2D eigenvalue weighted by Crippen LogP contribution is -2.29. The molecule has 0 radical (unpaired) electrons. The number of hydrogen-bond donors (Lipinski definition) is 0. The Kier molecular flexibility index (Phi) is 8.07. The van der Waals surface area contributed by atoms with Crippen molar-refractivity contribution in [1.29, 1.82) is 0 Å². The SMILES string of the molecule is CSCCCN(C)C(=O)CCC(=O)OC(C)(C)C. The molecule has 0 heterocycles. The highest BCUT2D eigenvalue weighted by molar-refractivity contribution is 7.98. The molecule has 1 amide bonds. The fraction of sp³-hybridized carbons (Fsp3) is 0.846. The smallest absolute Gasteiger partial charge is 0.306 e. The van der Waals surface area contributed by atoms with E-state index < -0.39 is 5.60 Å². The number of esters is 1. The molecule has 0 unspecified atom stereocenters. The summed E-state index contributed by atoms with van der Waals surface area (Å²) in [6.45, 7) is 6.21. The van der Waals surface area contributed by atoms with Crippen molar-refractivity contribution in [2.75, 3.05) is 25.6 Å². The second kappa shape index (κ2) is 8.40. The van der Waals surface area contributed by atoms with Crippen molar-refractivity contribution in [3.05, 3.63) is 0 Å². The first kappa shape index (κ1) is 17.3. The Balaban J connectivity index is 3.85. The highest BCUT2D eigenvalue weighted by atomic mass is 32.2. The quantitative estimate of drug-likeness (QED) is 0.528. The van der Waals surface area contributed by atoms with Crippen molar-refractivity contribution in [3.8, 4) is 0 Å². The van der Waals surface area contributed by atoms with E-state index >= 15 is 0 Å². The molecule has 18 heavy (non-hydrogen) atoms. The van der Waals surface area contributed by atoms with E-state index in [2.05, 4.69) is 0 Å². The fourth-order valence-corrected chi connectivity index (χ4v) is 1.78. The molecule has 0 rings (SSSR count). The summed E-state index contributed by atoms with van der Waals surface area (Å²) in [4.78, 5) is 24.8. The molecule has 0 aromatic heterocycles. The van der Waals surface area contributed by atoms with Crippen LogP contribution in [0.5, 0.6) is 0 Å². The van der Waals surface area contributed by atoms with Gasteiger partial charge in [0, 0.05) is 20.0 Å². The largest absolute Gasteiger partial charge is 0.460 e. The Morgan fingerprint density at radius 1 is 1.22 bits per heavy atom.